The molecule has 4 heteroatoms. The average molecular weight is 310 g/mol. The maximum atomic E-state index is 12.3. The van der Waals surface area contributed by atoms with Crippen molar-refractivity contribution in [2.24, 2.45) is 5.92 Å². The van der Waals surface area contributed by atoms with Crippen molar-refractivity contribution >= 4 is 5.91 Å². The van der Waals surface area contributed by atoms with E-state index in [-0.39, 0.29) is 11.9 Å². The molecule has 0 bridgehead atoms. The van der Waals surface area contributed by atoms with Gasteiger partial charge in [0.1, 0.15) is 0 Å². The lowest BCUT2D eigenvalue weighted by Gasteiger charge is -2.19. The zero-order chi connectivity index (χ0) is 16.1. The molecule has 1 fully saturated rings. The molecule has 1 aromatic heterocycles. The third-order valence-corrected chi connectivity index (χ3v) is 4.28. The van der Waals surface area contributed by atoms with Crippen LogP contribution in [0.4, 0.5) is 0 Å². The van der Waals surface area contributed by atoms with Crippen LogP contribution in [-0.4, -0.2) is 30.1 Å². The molecule has 1 amide bonds. The van der Waals surface area contributed by atoms with Crippen LogP contribution in [0.3, 0.4) is 0 Å². The van der Waals surface area contributed by atoms with Gasteiger partial charge in [0, 0.05) is 18.3 Å². The Bertz CT molecular complexity index is 640. The van der Waals surface area contributed by atoms with Gasteiger partial charge in [0.05, 0.1) is 25.7 Å². The number of pyridine rings is 1. The zero-order valence-electron chi connectivity index (χ0n) is 13.4. The maximum Gasteiger partial charge on any atom is 0.224 e. The van der Waals surface area contributed by atoms with Crippen LogP contribution >= 0.6 is 0 Å². The number of ether oxygens (including phenoxy) is 1. The van der Waals surface area contributed by atoms with Crippen molar-refractivity contribution < 1.29 is 9.53 Å². The predicted molar refractivity (Wildman–Crippen MR) is 89.1 cm³/mol. The molecule has 120 valence electrons. The van der Waals surface area contributed by atoms with E-state index in [0.29, 0.717) is 25.6 Å². The molecular weight excluding hydrogens is 288 g/mol. The molecule has 1 aliphatic heterocycles. The Balaban J connectivity index is 1.55. The first-order valence-corrected chi connectivity index (χ1v) is 8.02. The highest BCUT2D eigenvalue weighted by Gasteiger charge is 2.29. The summed E-state index contributed by atoms with van der Waals surface area (Å²) in [7, 11) is 0. The molecule has 2 heterocycles. The number of nitrogens with one attached hydrogen (secondary N) is 1. The molecule has 2 atom stereocenters. The van der Waals surface area contributed by atoms with Gasteiger partial charge in [-0.2, -0.15) is 0 Å². The number of rotatable bonds is 5. The summed E-state index contributed by atoms with van der Waals surface area (Å²) in [6.07, 6.45) is 4.92. The van der Waals surface area contributed by atoms with Crippen LogP contribution < -0.4 is 5.32 Å². The molecule has 1 saturated heterocycles. The quantitative estimate of drug-likeness (QED) is 0.922. The number of hydrogen-bond acceptors (Lipinski definition) is 3. The molecule has 1 aliphatic rings. The largest absolute Gasteiger partial charge is 0.379 e. The summed E-state index contributed by atoms with van der Waals surface area (Å²) in [5.41, 5.74) is 3.47. The summed E-state index contributed by atoms with van der Waals surface area (Å²) in [6, 6.07) is 12.2. The first-order valence-electron chi connectivity index (χ1n) is 8.02. The van der Waals surface area contributed by atoms with Gasteiger partial charge in [0.25, 0.3) is 0 Å². The van der Waals surface area contributed by atoms with Crippen molar-refractivity contribution in [1.29, 1.82) is 0 Å². The maximum absolute atomic E-state index is 12.3. The van der Waals surface area contributed by atoms with Gasteiger partial charge in [-0.05, 0) is 36.6 Å². The number of aromatic nitrogens is 1. The van der Waals surface area contributed by atoms with E-state index in [4.69, 9.17) is 4.74 Å². The van der Waals surface area contributed by atoms with E-state index in [2.05, 4.69) is 10.3 Å². The molecule has 0 aliphatic carbocycles. The summed E-state index contributed by atoms with van der Waals surface area (Å²) < 4.78 is 5.58. The lowest BCUT2D eigenvalue weighted by molar-refractivity contribution is -0.121. The van der Waals surface area contributed by atoms with Crippen LogP contribution in [0, 0.1) is 12.8 Å². The van der Waals surface area contributed by atoms with Gasteiger partial charge in [-0.25, -0.2) is 0 Å². The summed E-state index contributed by atoms with van der Waals surface area (Å²) >= 11 is 0. The van der Waals surface area contributed by atoms with Crippen molar-refractivity contribution in [2.45, 2.75) is 25.8 Å². The minimum Gasteiger partial charge on any atom is -0.379 e. The minimum atomic E-state index is 0.0593. The molecule has 1 aromatic carbocycles. The van der Waals surface area contributed by atoms with E-state index in [1.807, 2.05) is 43.3 Å². The van der Waals surface area contributed by atoms with Gasteiger partial charge in [-0.3, -0.25) is 9.78 Å². The monoisotopic (exact) mass is 310 g/mol. The highest BCUT2D eigenvalue weighted by Crippen LogP contribution is 2.19. The lowest BCUT2D eigenvalue weighted by atomic mass is 9.95. The van der Waals surface area contributed by atoms with Crippen LogP contribution in [0.1, 0.15) is 16.7 Å². The van der Waals surface area contributed by atoms with Crippen molar-refractivity contribution in [3.05, 3.63) is 65.5 Å². The number of carbonyl (C=O) groups excluding carboxylic acids is 1. The standard InChI is InChI=1S/C19H22N2O2/c1-14-2-4-15(5-3-14)11-19(22)21-18-13-23-12-17(18)10-16-6-8-20-9-7-16/h2-9,17-18H,10-13H2,1H3,(H,21,22)/t17-,18-/m1/s1. The van der Waals surface area contributed by atoms with Gasteiger partial charge >= 0.3 is 0 Å². The van der Waals surface area contributed by atoms with Gasteiger partial charge in [-0.1, -0.05) is 29.8 Å². The van der Waals surface area contributed by atoms with Gasteiger partial charge < -0.3 is 10.1 Å². The first-order chi connectivity index (χ1) is 11.2. The molecule has 0 spiro atoms. The van der Waals surface area contributed by atoms with Crippen molar-refractivity contribution in [2.75, 3.05) is 13.2 Å². The van der Waals surface area contributed by atoms with E-state index >= 15 is 0 Å². The Morgan fingerprint density at radius 1 is 1.13 bits per heavy atom. The van der Waals surface area contributed by atoms with E-state index in [9.17, 15) is 4.79 Å². The minimum absolute atomic E-state index is 0.0593. The molecule has 3 rings (SSSR count). The third kappa shape index (κ3) is 4.39. The van der Waals surface area contributed by atoms with Crippen LogP contribution in [0.5, 0.6) is 0 Å². The van der Waals surface area contributed by atoms with Crippen LogP contribution in [0.2, 0.25) is 0 Å². The summed E-state index contributed by atoms with van der Waals surface area (Å²) in [5.74, 6) is 0.378. The SMILES string of the molecule is Cc1ccc(CC(=O)N[C@@H]2COC[C@H]2Cc2ccncc2)cc1. The van der Waals surface area contributed by atoms with E-state index in [0.717, 1.165) is 12.0 Å². The fraction of sp³-hybridized carbons (Fsp3) is 0.368. The number of benzene rings is 1. The Morgan fingerprint density at radius 3 is 2.61 bits per heavy atom. The van der Waals surface area contributed by atoms with Crippen molar-refractivity contribution in [1.82, 2.24) is 10.3 Å². The van der Waals surface area contributed by atoms with Crippen LogP contribution in [0.15, 0.2) is 48.8 Å². The smallest absolute Gasteiger partial charge is 0.224 e. The molecule has 0 saturated carbocycles. The highest BCUT2D eigenvalue weighted by atomic mass is 16.5. The van der Waals surface area contributed by atoms with Gasteiger partial charge in [-0.15, -0.1) is 0 Å². The number of hydrogen-bond donors (Lipinski definition) is 1. The van der Waals surface area contributed by atoms with Gasteiger partial charge in [0.15, 0.2) is 0 Å². The second-order valence-corrected chi connectivity index (χ2v) is 6.19. The van der Waals surface area contributed by atoms with E-state index in [1.165, 1.54) is 11.1 Å². The average Bonchev–Trinajstić information content (AvgIpc) is 2.97. The Labute approximate surface area is 136 Å². The Morgan fingerprint density at radius 2 is 1.87 bits per heavy atom. The second kappa shape index (κ2) is 7.38. The molecule has 23 heavy (non-hydrogen) atoms. The van der Waals surface area contributed by atoms with E-state index < -0.39 is 0 Å². The summed E-state index contributed by atoms with van der Waals surface area (Å²) in [4.78, 5) is 16.3. The number of nitrogens with zero attached hydrogens (tertiary/aromatic N) is 1. The fourth-order valence-corrected chi connectivity index (χ4v) is 2.93. The lowest BCUT2D eigenvalue weighted by Crippen LogP contribution is -2.41. The molecule has 0 unspecified atom stereocenters. The second-order valence-electron chi connectivity index (χ2n) is 6.19. The summed E-state index contributed by atoms with van der Waals surface area (Å²) in [5, 5.41) is 3.13. The first kappa shape index (κ1) is 15.7. The number of aryl methyl sites for hydroxylation is 1. The Kier molecular flexibility index (Phi) is 5.03. The highest BCUT2D eigenvalue weighted by molar-refractivity contribution is 5.78. The normalized spacial score (nSPS) is 20.4. The molecule has 1 N–H and O–H groups in total. The van der Waals surface area contributed by atoms with E-state index in [1.54, 1.807) is 12.4 Å². The Hall–Kier alpha value is -2.20. The van der Waals surface area contributed by atoms with Crippen LogP contribution in [0.25, 0.3) is 0 Å². The zero-order valence-corrected chi connectivity index (χ0v) is 13.4. The van der Waals surface area contributed by atoms with Gasteiger partial charge in [0.2, 0.25) is 5.91 Å². The molecule has 2 aromatic rings. The summed E-state index contributed by atoms with van der Waals surface area (Å²) in [6.45, 7) is 3.33. The van der Waals surface area contributed by atoms with Crippen molar-refractivity contribution in [3.63, 3.8) is 0 Å². The molecule has 0 radical (unpaired) electrons. The van der Waals surface area contributed by atoms with Crippen LogP contribution in [-0.2, 0) is 22.4 Å². The third-order valence-electron chi connectivity index (χ3n) is 4.28. The van der Waals surface area contributed by atoms with Crippen molar-refractivity contribution in [3.8, 4) is 0 Å². The predicted octanol–water partition coefficient (Wildman–Crippen LogP) is 2.31. The molecular formula is C19H22N2O2. The molecule has 4 nitrogen and oxygen atoms in total. The fourth-order valence-electron chi connectivity index (χ4n) is 2.93. The number of carbonyl (C=O) groups is 1. The topological polar surface area (TPSA) is 51.2 Å². The number of amides is 1.